The van der Waals surface area contributed by atoms with Crippen molar-refractivity contribution in [1.29, 1.82) is 0 Å². The van der Waals surface area contributed by atoms with Crippen LogP contribution in [0.5, 0.6) is 0 Å². The van der Waals surface area contributed by atoms with Gasteiger partial charge in [0.2, 0.25) is 11.8 Å². The van der Waals surface area contributed by atoms with Gasteiger partial charge >= 0.3 is 0 Å². The molecular weight excluding hydrogens is 510 g/mol. The van der Waals surface area contributed by atoms with E-state index < -0.39 is 22.8 Å². The molecule has 0 saturated heterocycles. The molecule has 4 N–H and O–H groups in total. The molecule has 2 aromatic carbocycles. The minimum absolute atomic E-state index is 0.0563. The molecule has 1 aliphatic rings. The number of nitrogens with zero attached hydrogens (tertiary/aromatic N) is 1. The van der Waals surface area contributed by atoms with E-state index in [1.807, 2.05) is 48.2 Å². The first-order chi connectivity index (χ1) is 19.7. The van der Waals surface area contributed by atoms with Crippen LogP contribution in [0.3, 0.4) is 0 Å². The molecule has 41 heavy (non-hydrogen) atoms. The van der Waals surface area contributed by atoms with E-state index in [1.54, 1.807) is 0 Å². The van der Waals surface area contributed by atoms with E-state index in [9.17, 15) is 14.7 Å². The van der Waals surface area contributed by atoms with Gasteiger partial charge in [0.1, 0.15) is 0 Å². The number of primary amides is 1. The maximum Gasteiger partial charge on any atom is 0.231 e. The lowest BCUT2D eigenvalue weighted by Gasteiger charge is -2.50. The summed E-state index contributed by atoms with van der Waals surface area (Å²) in [6.07, 6.45) is 6.21. The monoisotopic (exact) mass is 561 g/mol. The van der Waals surface area contributed by atoms with Crippen molar-refractivity contribution < 1.29 is 14.7 Å². The number of aryl methyl sites for hydroxylation is 2. The topological polar surface area (TPSA) is 95.7 Å². The molecule has 2 amide bonds. The second-order valence-electron chi connectivity index (χ2n) is 12.0. The first-order valence-electron chi connectivity index (χ1n) is 15.4. The number of rotatable bonds is 16. The molecule has 0 saturated carbocycles. The van der Waals surface area contributed by atoms with E-state index in [0.29, 0.717) is 32.4 Å². The number of carbonyl (C=O) groups excluding carboxylic acids is 2. The van der Waals surface area contributed by atoms with Gasteiger partial charge in [-0.2, -0.15) is 0 Å². The highest BCUT2D eigenvalue weighted by molar-refractivity contribution is 5.90. The third-order valence-electron chi connectivity index (χ3n) is 8.52. The van der Waals surface area contributed by atoms with Gasteiger partial charge in [0.25, 0.3) is 0 Å². The lowest BCUT2D eigenvalue weighted by molar-refractivity contribution is -0.162. The summed E-state index contributed by atoms with van der Waals surface area (Å²) in [7, 11) is 0. The van der Waals surface area contributed by atoms with Gasteiger partial charge in [-0.05, 0) is 89.4 Å². The highest BCUT2D eigenvalue weighted by Gasteiger charge is 2.59. The standard InChI is InChI=1S/C35H51N3O3/c1-5-22-38(23-6-2)33(41)34(19-11-21-37-20-10-14-29-17-15-27(3)16-18-29)24-28(4)25-35(31(34)39,32(36)40)26-30-12-8-7-9-13-30/h7-9,12-13,15-18,25,31,37,39H,5-6,10-11,14,19-24,26H2,1-4H3,(H2,36,40)/t31-,34?,35-/m1/s1. The molecule has 0 spiro atoms. The summed E-state index contributed by atoms with van der Waals surface area (Å²) >= 11 is 0. The van der Waals surface area contributed by atoms with Crippen LogP contribution >= 0.6 is 0 Å². The maximum atomic E-state index is 14.4. The van der Waals surface area contributed by atoms with Gasteiger partial charge in [0, 0.05) is 13.1 Å². The van der Waals surface area contributed by atoms with Crippen molar-refractivity contribution in [3.05, 3.63) is 82.9 Å². The Morgan fingerprint density at radius 3 is 2.20 bits per heavy atom. The molecular formula is C35H51N3O3. The summed E-state index contributed by atoms with van der Waals surface area (Å²) in [6, 6.07) is 18.3. The van der Waals surface area contributed by atoms with Gasteiger partial charge in [-0.1, -0.05) is 85.7 Å². The van der Waals surface area contributed by atoms with Crippen LogP contribution in [0.25, 0.3) is 0 Å². The molecule has 3 rings (SSSR count). The average Bonchev–Trinajstić information content (AvgIpc) is 2.95. The summed E-state index contributed by atoms with van der Waals surface area (Å²) in [5.74, 6) is -0.643. The van der Waals surface area contributed by atoms with Crippen LogP contribution in [0.1, 0.15) is 76.0 Å². The average molecular weight is 562 g/mol. The predicted molar refractivity (Wildman–Crippen MR) is 167 cm³/mol. The molecule has 0 radical (unpaired) electrons. The molecule has 224 valence electrons. The summed E-state index contributed by atoms with van der Waals surface area (Å²) in [4.78, 5) is 29.6. The van der Waals surface area contributed by atoms with Crippen molar-refractivity contribution in [3.63, 3.8) is 0 Å². The minimum Gasteiger partial charge on any atom is -0.391 e. The molecule has 2 aromatic rings. The summed E-state index contributed by atoms with van der Waals surface area (Å²) in [5.41, 5.74) is 8.07. The molecule has 0 bridgehead atoms. The minimum atomic E-state index is -1.36. The van der Waals surface area contributed by atoms with Gasteiger partial charge in [-0.25, -0.2) is 0 Å². The third kappa shape index (κ3) is 8.08. The number of aliphatic hydroxyl groups excluding tert-OH is 1. The number of hydrogen-bond donors (Lipinski definition) is 3. The first-order valence-corrected chi connectivity index (χ1v) is 15.4. The van der Waals surface area contributed by atoms with Crippen molar-refractivity contribution in [2.75, 3.05) is 26.2 Å². The van der Waals surface area contributed by atoms with E-state index >= 15 is 0 Å². The fourth-order valence-corrected chi connectivity index (χ4v) is 6.55. The zero-order valence-corrected chi connectivity index (χ0v) is 25.6. The first kappa shape index (κ1) is 32.6. The second kappa shape index (κ2) is 15.3. The number of allylic oxidation sites excluding steroid dienone is 1. The van der Waals surface area contributed by atoms with Crippen LogP contribution in [0, 0.1) is 17.8 Å². The molecule has 6 nitrogen and oxygen atoms in total. The fourth-order valence-electron chi connectivity index (χ4n) is 6.55. The Kier molecular flexibility index (Phi) is 12.2. The largest absolute Gasteiger partial charge is 0.391 e. The highest BCUT2D eigenvalue weighted by atomic mass is 16.3. The van der Waals surface area contributed by atoms with Crippen LogP contribution in [0.4, 0.5) is 0 Å². The number of nitrogens with one attached hydrogen (secondary N) is 1. The van der Waals surface area contributed by atoms with Crippen molar-refractivity contribution >= 4 is 11.8 Å². The Labute approximate surface area is 247 Å². The lowest BCUT2D eigenvalue weighted by Crippen LogP contribution is -2.62. The molecule has 6 heteroatoms. The zero-order valence-electron chi connectivity index (χ0n) is 25.6. The quantitative estimate of drug-likeness (QED) is 0.190. The number of carbonyl (C=O) groups is 2. The van der Waals surface area contributed by atoms with Gasteiger partial charge < -0.3 is 21.1 Å². The Morgan fingerprint density at radius 2 is 1.59 bits per heavy atom. The molecule has 1 unspecified atom stereocenters. The van der Waals surface area contributed by atoms with E-state index in [4.69, 9.17) is 5.73 Å². The van der Waals surface area contributed by atoms with Crippen LogP contribution in [-0.4, -0.2) is 54.1 Å². The Bertz CT molecular complexity index is 1140. The Balaban J connectivity index is 1.81. The fraction of sp³-hybridized carbons (Fsp3) is 0.543. The van der Waals surface area contributed by atoms with Crippen LogP contribution in [-0.2, 0) is 22.4 Å². The normalized spacial score (nSPS) is 22.3. The summed E-state index contributed by atoms with van der Waals surface area (Å²) in [6.45, 7) is 11.1. The second-order valence-corrected chi connectivity index (χ2v) is 12.0. The van der Waals surface area contributed by atoms with Crippen molar-refractivity contribution in [3.8, 4) is 0 Å². The maximum absolute atomic E-state index is 14.4. The smallest absolute Gasteiger partial charge is 0.231 e. The molecule has 0 aliphatic heterocycles. The number of hydrogen-bond acceptors (Lipinski definition) is 4. The zero-order chi connectivity index (χ0) is 29.9. The number of benzene rings is 2. The van der Waals surface area contributed by atoms with Crippen LogP contribution in [0.2, 0.25) is 0 Å². The van der Waals surface area contributed by atoms with Crippen molar-refractivity contribution in [2.45, 2.75) is 85.2 Å². The molecule has 0 heterocycles. The van der Waals surface area contributed by atoms with Crippen molar-refractivity contribution in [1.82, 2.24) is 10.2 Å². The van der Waals surface area contributed by atoms with E-state index in [1.165, 1.54) is 11.1 Å². The SMILES string of the molecule is CCCN(CCC)C(=O)C1(CCCNCCCc2ccc(C)cc2)CC(C)=C[C@](Cc2ccccc2)(C(N)=O)[C@@H]1O. The summed E-state index contributed by atoms with van der Waals surface area (Å²) in [5, 5.41) is 15.7. The van der Waals surface area contributed by atoms with Crippen LogP contribution < -0.4 is 11.1 Å². The van der Waals surface area contributed by atoms with E-state index in [0.717, 1.165) is 49.9 Å². The predicted octanol–water partition coefficient (Wildman–Crippen LogP) is 5.36. The Morgan fingerprint density at radius 1 is 0.951 bits per heavy atom. The highest BCUT2D eigenvalue weighted by Crippen LogP contribution is 2.50. The lowest BCUT2D eigenvalue weighted by atomic mass is 9.57. The molecule has 0 aromatic heterocycles. The van der Waals surface area contributed by atoms with E-state index in [-0.39, 0.29) is 12.3 Å². The third-order valence-corrected chi connectivity index (χ3v) is 8.52. The van der Waals surface area contributed by atoms with Gasteiger partial charge in [0.15, 0.2) is 0 Å². The van der Waals surface area contributed by atoms with Crippen molar-refractivity contribution in [2.24, 2.45) is 16.6 Å². The van der Waals surface area contributed by atoms with Gasteiger partial charge in [-0.15, -0.1) is 0 Å². The number of aliphatic hydroxyl groups is 1. The number of amides is 2. The molecule has 0 fully saturated rings. The Hall–Kier alpha value is -2.96. The molecule has 3 atom stereocenters. The molecule has 1 aliphatic carbocycles. The van der Waals surface area contributed by atoms with E-state index in [2.05, 4.69) is 50.4 Å². The van der Waals surface area contributed by atoms with Gasteiger partial charge in [0.05, 0.1) is 16.9 Å². The van der Waals surface area contributed by atoms with Gasteiger partial charge in [-0.3, -0.25) is 9.59 Å². The van der Waals surface area contributed by atoms with Crippen LogP contribution in [0.15, 0.2) is 66.2 Å². The summed E-state index contributed by atoms with van der Waals surface area (Å²) < 4.78 is 0. The number of nitrogens with two attached hydrogens (primary N) is 1.